The van der Waals surface area contributed by atoms with Crippen LogP contribution in [0.2, 0.25) is 0 Å². The number of hydrogen-bond acceptors (Lipinski definition) is 4. The van der Waals surface area contributed by atoms with E-state index in [0.717, 1.165) is 16.8 Å². The van der Waals surface area contributed by atoms with Crippen molar-refractivity contribution in [3.8, 4) is 5.75 Å². The van der Waals surface area contributed by atoms with Crippen molar-refractivity contribution in [3.63, 3.8) is 0 Å². The average molecular weight is 306 g/mol. The van der Waals surface area contributed by atoms with Crippen LogP contribution < -0.4 is 9.46 Å². The summed E-state index contributed by atoms with van der Waals surface area (Å²) in [6.45, 7) is 5.47. The van der Waals surface area contributed by atoms with E-state index in [0.29, 0.717) is 11.4 Å². The van der Waals surface area contributed by atoms with Crippen molar-refractivity contribution in [1.82, 2.24) is 4.98 Å². The quantitative estimate of drug-likeness (QED) is 0.943. The van der Waals surface area contributed by atoms with Gasteiger partial charge in [0.25, 0.3) is 10.0 Å². The summed E-state index contributed by atoms with van der Waals surface area (Å²) in [7, 11) is -2.26. The normalized spacial score (nSPS) is 11.2. The Morgan fingerprint density at radius 1 is 1.14 bits per heavy atom. The number of nitrogens with one attached hydrogen (secondary N) is 1. The van der Waals surface area contributed by atoms with Crippen molar-refractivity contribution in [3.05, 3.63) is 47.3 Å². The molecule has 0 spiro atoms. The van der Waals surface area contributed by atoms with E-state index in [1.54, 1.807) is 31.3 Å². The lowest BCUT2D eigenvalue weighted by molar-refractivity contribution is 0.399. The number of pyridine rings is 1. The molecule has 1 aromatic carbocycles. The van der Waals surface area contributed by atoms with Crippen molar-refractivity contribution >= 4 is 15.7 Å². The van der Waals surface area contributed by atoms with Crippen LogP contribution in [0.1, 0.15) is 16.8 Å². The lowest BCUT2D eigenvalue weighted by atomic mass is 10.1. The van der Waals surface area contributed by atoms with Gasteiger partial charge in [-0.2, -0.15) is 0 Å². The first-order valence-electron chi connectivity index (χ1n) is 6.44. The number of aryl methyl sites for hydroxylation is 3. The van der Waals surface area contributed by atoms with E-state index in [1.165, 1.54) is 7.11 Å². The molecule has 1 heterocycles. The zero-order valence-corrected chi connectivity index (χ0v) is 13.3. The van der Waals surface area contributed by atoms with Crippen LogP contribution in [-0.2, 0) is 10.0 Å². The van der Waals surface area contributed by atoms with Crippen LogP contribution in [0.5, 0.6) is 5.75 Å². The van der Waals surface area contributed by atoms with Crippen LogP contribution in [0.25, 0.3) is 0 Å². The molecule has 112 valence electrons. The number of sulfonamides is 1. The van der Waals surface area contributed by atoms with Crippen molar-refractivity contribution in [2.24, 2.45) is 0 Å². The summed E-state index contributed by atoms with van der Waals surface area (Å²) in [4.78, 5) is 4.18. The highest BCUT2D eigenvalue weighted by Crippen LogP contribution is 2.30. The molecule has 2 rings (SSSR count). The van der Waals surface area contributed by atoms with Gasteiger partial charge in [-0.3, -0.25) is 9.71 Å². The molecule has 0 saturated carbocycles. The van der Waals surface area contributed by atoms with Crippen molar-refractivity contribution in [2.45, 2.75) is 25.7 Å². The number of nitrogens with zero attached hydrogens (tertiary/aromatic N) is 1. The number of rotatable bonds is 4. The Hall–Kier alpha value is -2.08. The molecule has 0 fully saturated rings. The Morgan fingerprint density at radius 3 is 2.48 bits per heavy atom. The second-order valence-corrected chi connectivity index (χ2v) is 6.56. The van der Waals surface area contributed by atoms with Crippen LogP contribution in [0, 0.1) is 20.8 Å². The van der Waals surface area contributed by atoms with Crippen LogP contribution in [0.3, 0.4) is 0 Å². The zero-order chi connectivity index (χ0) is 15.6. The topological polar surface area (TPSA) is 68.3 Å². The number of ether oxygens (including phenoxy) is 1. The maximum absolute atomic E-state index is 12.6. The third-order valence-electron chi connectivity index (χ3n) is 3.03. The minimum absolute atomic E-state index is 0.136. The first kappa shape index (κ1) is 15.3. The van der Waals surface area contributed by atoms with E-state index >= 15 is 0 Å². The Labute approximate surface area is 125 Å². The van der Waals surface area contributed by atoms with Gasteiger partial charge in [-0.1, -0.05) is 6.07 Å². The number of anilines is 1. The molecule has 5 nitrogen and oxygen atoms in total. The molecule has 1 aromatic heterocycles. The van der Waals surface area contributed by atoms with E-state index in [2.05, 4.69) is 9.71 Å². The van der Waals surface area contributed by atoms with E-state index in [-0.39, 0.29) is 4.90 Å². The minimum Gasteiger partial charge on any atom is -0.495 e. The summed E-state index contributed by atoms with van der Waals surface area (Å²) < 4.78 is 33.0. The van der Waals surface area contributed by atoms with Gasteiger partial charge < -0.3 is 4.74 Å². The maximum Gasteiger partial charge on any atom is 0.265 e. The van der Waals surface area contributed by atoms with E-state index < -0.39 is 10.0 Å². The first-order valence-corrected chi connectivity index (χ1v) is 7.92. The summed E-state index contributed by atoms with van der Waals surface area (Å²) >= 11 is 0. The highest BCUT2D eigenvalue weighted by molar-refractivity contribution is 7.92. The molecule has 6 heteroatoms. The largest absolute Gasteiger partial charge is 0.495 e. The lowest BCUT2D eigenvalue weighted by Gasteiger charge is -2.14. The summed E-state index contributed by atoms with van der Waals surface area (Å²) in [5.41, 5.74) is 2.86. The third kappa shape index (κ3) is 3.33. The summed E-state index contributed by atoms with van der Waals surface area (Å²) in [5.74, 6) is 0.360. The number of methoxy groups -OCH3 is 1. The fraction of sp³-hybridized carbons (Fsp3) is 0.267. The van der Waals surface area contributed by atoms with Gasteiger partial charge in [-0.25, -0.2) is 8.42 Å². The summed E-state index contributed by atoms with van der Waals surface area (Å²) in [5, 5.41) is 0. The second kappa shape index (κ2) is 5.73. The summed E-state index contributed by atoms with van der Waals surface area (Å²) in [6.07, 6.45) is 1.56. The molecule has 0 aliphatic carbocycles. The molecule has 1 N–H and O–H groups in total. The number of aromatic nitrogens is 1. The molecule has 0 aliphatic rings. The fourth-order valence-electron chi connectivity index (χ4n) is 2.20. The summed E-state index contributed by atoms with van der Waals surface area (Å²) in [6, 6.07) is 6.77. The Balaban J connectivity index is 2.49. The number of benzene rings is 1. The van der Waals surface area contributed by atoms with Gasteiger partial charge in [0, 0.05) is 11.9 Å². The van der Waals surface area contributed by atoms with E-state index in [9.17, 15) is 8.42 Å². The first-order chi connectivity index (χ1) is 9.83. The standard InChI is InChI=1S/C15H18N2O3S/c1-10-7-11(2)15(20-4)14(8-10)21(18,19)17-13-5-6-16-12(3)9-13/h5-9H,1-4H3,(H,16,17). The van der Waals surface area contributed by atoms with E-state index in [4.69, 9.17) is 4.74 Å². The van der Waals surface area contributed by atoms with Crippen LogP contribution in [0.4, 0.5) is 5.69 Å². The van der Waals surface area contributed by atoms with Gasteiger partial charge in [0.05, 0.1) is 12.8 Å². The Morgan fingerprint density at radius 2 is 1.86 bits per heavy atom. The maximum atomic E-state index is 12.6. The molecule has 0 saturated heterocycles. The van der Waals surface area contributed by atoms with Crippen LogP contribution in [-0.4, -0.2) is 20.5 Å². The molecule has 21 heavy (non-hydrogen) atoms. The molecule has 0 atom stereocenters. The van der Waals surface area contributed by atoms with Gasteiger partial charge >= 0.3 is 0 Å². The lowest BCUT2D eigenvalue weighted by Crippen LogP contribution is -2.15. The van der Waals surface area contributed by atoms with Crippen molar-refractivity contribution in [2.75, 3.05) is 11.8 Å². The van der Waals surface area contributed by atoms with Gasteiger partial charge in [-0.15, -0.1) is 0 Å². The SMILES string of the molecule is COc1c(C)cc(C)cc1S(=O)(=O)Nc1ccnc(C)c1. The molecule has 0 bridgehead atoms. The molecule has 0 radical (unpaired) electrons. The monoisotopic (exact) mass is 306 g/mol. The Bertz CT molecular complexity index is 770. The van der Waals surface area contributed by atoms with Gasteiger partial charge in [-0.05, 0) is 50.1 Å². The molecule has 0 unspecified atom stereocenters. The predicted molar refractivity (Wildman–Crippen MR) is 82.3 cm³/mol. The van der Waals surface area contributed by atoms with E-state index in [1.807, 2.05) is 19.9 Å². The average Bonchev–Trinajstić information content (AvgIpc) is 2.37. The van der Waals surface area contributed by atoms with Gasteiger partial charge in [0.15, 0.2) is 0 Å². The number of hydrogen-bond donors (Lipinski definition) is 1. The second-order valence-electron chi connectivity index (χ2n) is 4.90. The molecule has 0 amide bonds. The molecule has 2 aromatic rings. The third-order valence-corrected chi connectivity index (χ3v) is 4.41. The highest BCUT2D eigenvalue weighted by Gasteiger charge is 2.21. The predicted octanol–water partition coefficient (Wildman–Crippen LogP) is 2.82. The van der Waals surface area contributed by atoms with Crippen LogP contribution >= 0.6 is 0 Å². The Kier molecular flexibility index (Phi) is 4.18. The van der Waals surface area contributed by atoms with Crippen molar-refractivity contribution in [1.29, 1.82) is 0 Å². The molecule has 0 aliphatic heterocycles. The molecular formula is C15H18N2O3S. The molecular weight excluding hydrogens is 288 g/mol. The fourth-order valence-corrected chi connectivity index (χ4v) is 3.57. The minimum atomic E-state index is -3.72. The van der Waals surface area contributed by atoms with Crippen LogP contribution in [0.15, 0.2) is 35.4 Å². The smallest absolute Gasteiger partial charge is 0.265 e. The van der Waals surface area contributed by atoms with Crippen molar-refractivity contribution < 1.29 is 13.2 Å². The highest BCUT2D eigenvalue weighted by atomic mass is 32.2. The van der Waals surface area contributed by atoms with Gasteiger partial charge in [0.2, 0.25) is 0 Å². The zero-order valence-electron chi connectivity index (χ0n) is 12.5. The van der Waals surface area contributed by atoms with Gasteiger partial charge in [0.1, 0.15) is 10.6 Å².